The number of carbonyl (C=O) groups is 3. The molecule has 0 unspecified atom stereocenters. The molecule has 2 rings (SSSR count). The minimum atomic E-state index is -1.05. The van der Waals surface area contributed by atoms with E-state index in [1.807, 2.05) is 13.8 Å². The summed E-state index contributed by atoms with van der Waals surface area (Å²) in [6.07, 6.45) is 0. The van der Waals surface area contributed by atoms with E-state index < -0.39 is 5.97 Å². The fraction of sp³-hybridized carbons (Fsp3) is 0.211. The molecule has 3 N–H and O–H groups in total. The predicted octanol–water partition coefficient (Wildman–Crippen LogP) is 2.91. The van der Waals surface area contributed by atoms with E-state index in [0.717, 1.165) is 5.56 Å². The van der Waals surface area contributed by atoms with E-state index in [0.29, 0.717) is 17.8 Å². The van der Waals surface area contributed by atoms with Crippen molar-refractivity contribution in [3.63, 3.8) is 0 Å². The number of carbonyl (C=O) groups excluding carboxylic acids is 2. The number of carboxylic acids is 1. The molecule has 0 spiro atoms. The average molecular weight is 340 g/mol. The quantitative estimate of drug-likeness (QED) is 0.753. The van der Waals surface area contributed by atoms with Crippen LogP contribution in [0.5, 0.6) is 0 Å². The smallest absolute Gasteiger partial charge is 0.335 e. The Hall–Kier alpha value is -3.15. The van der Waals surface area contributed by atoms with E-state index in [1.54, 1.807) is 36.4 Å². The van der Waals surface area contributed by atoms with Crippen LogP contribution in [0.2, 0.25) is 0 Å². The molecular weight excluding hydrogens is 320 g/mol. The van der Waals surface area contributed by atoms with Crippen LogP contribution in [0.25, 0.3) is 0 Å². The monoisotopic (exact) mass is 340 g/mol. The zero-order valence-corrected chi connectivity index (χ0v) is 14.1. The van der Waals surface area contributed by atoms with Gasteiger partial charge in [-0.1, -0.05) is 32.0 Å². The average Bonchev–Trinajstić information content (AvgIpc) is 2.60. The van der Waals surface area contributed by atoms with Gasteiger partial charge in [-0.3, -0.25) is 9.59 Å². The highest BCUT2D eigenvalue weighted by atomic mass is 16.4. The molecule has 0 aromatic heterocycles. The summed E-state index contributed by atoms with van der Waals surface area (Å²) in [4.78, 5) is 34.7. The Kier molecular flexibility index (Phi) is 5.89. The lowest BCUT2D eigenvalue weighted by atomic mass is 10.1. The lowest BCUT2D eigenvalue weighted by Crippen LogP contribution is -2.27. The molecule has 0 bridgehead atoms. The van der Waals surface area contributed by atoms with Crippen molar-refractivity contribution in [1.29, 1.82) is 0 Å². The Morgan fingerprint density at radius 2 is 1.68 bits per heavy atom. The summed E-state index contributed by atoms with van der Waals surface area (Å²) < 4.78 is 0. The van der Waals surface area contributed by atoms with Crippen LogP contribution in [-0.4, -0.2) is 22.9 Å². The van der Waals surface area contributed by atoms with Crippen LogP contribution >= 0.6 is 0 Å². The highest BCUT2D eigenvalue weighted by Gasteiger charge is 2.09. The molecule has 2 aromatic rings. The molecule has 6 heteroatoms. The number of amides is 2. The summed E-state index contributed by atoms with van der Waals surface area (Å²) in [5.41, 5.74) is 1.85. The second-order valence-corrected chi connectivity index (χ2v) is 5.91. The van der Waals surface area contributed by atoms with Crippen LogP contribution in [0.15, 0.2) is 48.5 Å². The first-order valence-electron chi connectivity index (χ1n) is 7.88. The number of hydrogen-bond donors (Lipinski definition) is 3. The number of aromatic carboxylic acids is 1. The van der Waals surface area contributed by atoms with Crippen LogP contribution in [0.1, 0.15) is 40.1 Å². The maximum atomic E-state index is 12.2. The van der Waals surface area contributed by atoms with E-state index in [1.165, 1.54) is 12.1 Å². The zero-order chi connectivity index (χ0) is 18.4. The van der Waals surface area contributed by atoms with Crippen LogP contribution in [0.4, 0.5) is 5.69 Å². The Bertz CT molecular complexity index is 782. The number of nitrogens with one attached hydrogen (secondary N) is 2. The van der Waals surface area contributed by atoms with Gasteiger partial charge in [-0.05, 0) is 35.9 Å². The highest BCUT2D eigenvalue weighted by Crippen LogP contribution is 2.13. The maximum absolute atomic E-state index is 12.2. The topological polar surface area (TPSA) is 95.5 Å². The first-order valence-corrected chi connectivity index (χ1v) is 7.88. The minimum absolute atomic E-state index is 0.0277. The van der Waals surface area contributed by atoms with Gasteiger partial charge in [0.25, 0.3) is 5.91 Å². The molecule has 0 fully saturated rings. The number of rotatable bonds is 6. The van der Waals surface area contributed by atoms with Gasteiger partial charge in [-0.25, -0.2) is 4.79 Å². The third-order valence-corrected chi connectivity index (χ3v) is 3.57. The van der Waals surface area contributed by atoms with Crippen LogP contribution in [0.3, 0.4) is 0 Å². The van der Waals surface area contributed by atoms with Crippen molar-refractivity contribution in [3.05, 3.63) is 65.2 Å². The number of hydrogen-bond acceptors (Lipinski definition) is 3. The summed E-state index contributed by atoms with van der Waals surface area (Å²) in [6.45, 7) is 4.05. The molecule has 2 amide bonds. The molecule has 0 atom stereocenters. The zero-order valence-electron chi connectivity index (χ0n) is 14.1. The van der Waals surface area contributed by atoms with Crippen molar-refractivity contribution in [1.82, 2.24) is 5.32 Å². The lowest BCUT2D eigenvalue weighted by Gasteiger charge is -2.09. The van der Waals surface area contributed by atoms with Crippen LogP contribution in [-0.2, 0) is 11.3 Å². The molecule has 0 saturated heterocycles. The molecule has 0 aliphatic heterocycles. The van der Waals surface area contributed by atoms with Crippen molar-refractivity contribution < 1.29 is 19.5 Å². The Labute approximate surface area is 145 Å². The van der Waals surface area contributed by atoms with Crippen LogP contribution < -0.4 is 10.6 Å². The van der Waals surface area contributed by atoms with Gasteiger partial charge in [0.1, 0.15) is 0 Å². The van der Waals surface area contributed by atoms with Crippen molar-refractivity contribution >= 4 is 23.5 Å². The Morgan fingerprint density at radius 3 is 2.28 bits per heavy atom. The summed E-state index contributed by atoms with van der Waals surface area (Å²) in [6, 6.07) is 12.9. The molecule has 2 aromatic carbocycles. The largest absolute Gasteiger partial charge is 0.478 e. The van der Waals surface area contributed by atoms with E-state index >= 15 is 0 Å². The first kappa shape index (κ1) is 18.2. The summed E-state index contributed by atoms with van der Waals surface area (Å²) in [5.74, 6) is -1.49. The van der Waals surface area contributed by atoms with E-state index in [-0.39, 0.29) is 23.3 Å². The molecule has 130 valence electrons. The molecular formula is C19H20N2O4. The van der Waals surface area contributed by atoms with E-state index in [4.69, 9.17) is 5.11 Å². The van der Waals surface area contributed by atoms with Gasteiger partial charge < -0.3 is 15.7 Å². The van der Waals surface area contributed by atoms with Gasteiger partial charge in [0.15, 0.2) is 0 Å². The second-order valence-electron chi connectivity index (χ2n) is 5.91. The summed E-state index contributed by atoms with van der Waals surface area (Å²) in [5, 5.41) is 14.4. The minimum Gasteiger partial charge on any atom is -0.478 e. The molecule has 0 aliphatic carbocycles. The molecule has 0 saturated carbocycles. The molecule has 0 aliphatic rings. The normalized spacial score (nSPS) is 10.4. The predicted molar refractivity (Wildman–Crippen MR) is 94.5 cm³/mol. The number of carboxylic acid groups (broad SMARTS) is 1. The molecule has 6 nitrogen and oxygen atoms in total. The van der Waals surface area contributed by atoms with Gasteiger partial charge in [0.2, 0.25) is 5.91 Å². The number of anilines is 1. The van der Waals surface area contributed by atoms with Gasteiger partial charge in [0.05, 0.1) is 5.56 Å². The van der Waals surface area contributed by atoms with Crippen molar-refractivity contribution in [2.75, 3.05) is 5.32 Å². The van der Waals surface area contributed by atoms with Gasteiger partial charge in [-0.2, -0.15) is 0 Å². The lowest BCUT2D eigenvalue weighted by molar-refractivity contribution is -0.124. The van der Waals surface area contributed by atoms with Crippen molar-refractivity contribution in [2.24, 2.45) is 5.92 Å². The standard InChI is InChI=1S/C19H20N2O4/c1-12(2)17(22)20-11-13-6-8-14(9-7-13)18(23)21-16-5-3-4-15(10-16)19(24)25/h3-10,12H,11H2,1-2H3,(H,20,22)(H,21,23)(H,24,25). The SMILES string of the molecule is CC(C)C(=O)NCc1ccc(C(=O)Nc2cccc(C(=O)O)c2)cc1. The molecule has 0 radical (unpaired) electrons. The fourth-order valence-corrected chi connectivity index (χ4v) is 2.10. The highest BCUT2D eigenvalue weighted by molar-refractivity contribution is 6.04. The summed E-state index contributed by atoms with van der Waals surface area (Å²) in [7, 11) is 0. The van der Waals surface area contributed by atoms with Crippen molar-refractivity contribution in [2.45, 2.75) is 20.4 Å². The Morgan fingerprint density at radius 1 is 1.00 bits per heavy atom. The molecule has 0 heterocycles. The fourth-order valence-electron chi connectivity index (χ4n) is 2.10. The Balaban J connectivity index is 1.99. The van der Waals surface area contributed by atoms with Gasteiger partial charge >= 0.3 is 5.97 Å². The third kappa shape index (κ3) is 5.17. The first-order chi connectivity index (χ1) is 11.9. The van der Waals surface area contributed by atoms with E-state index in [2.05, 4.69) is 10.6 Å². The maximum Gasteiger partial charge on any atom is 0.335 e. The van der Waals surface area contributed by atoms with Gasteiger partial charge in [-0.15, -0.1) is 0 Å². The van der Waals surface area contributed by atoms with Crippen LogP contribution in [0, 0.1) is 5.92 Å². The third-order valence-electron chi connectivity index (χ3n) is 3.57. The summed E-state index contributed by atoms with van der Waals surface area (Å²) >= 11 is 0. The van der Waals surface area contributed by atoms with E-state index in [9.17, 15) is 14.4 Å². The molecule has 25 heavy (non-hydrogen) atoms. The van der Waals surface area contributed by atoms with Crippen molar-refractivity contribution in [3.8, 4) is 0 Å². The second kappa shape index (κ2) is 8.10. The number of benzene rings is 2. The van der Waals surface area contributed by atoms with Gasteiger partial charge in [0, 0.05) is 23.7 Å².